The predicted molar refractivity (Wildman–Crippen MR) is 108 cm³/mol. The average molecular weight is 400 g/mol. The number of amides is 2. The van der Waals surface area contributed by atoms with Gasteiger partial charge in [0.25, 0.3) is 0 Å². The van der Waals surface area contributed by atoms with Crippen molar-refractivity contribution in [1.29, 1.82) is 0 Å². The minimum absolute atomic E-state index is 0.0128. The molecular formula is C18H29N3O3S2. The first-order chi connectivity index (χ1) is 12.2. The predicted octanol–water partition coefficient (Wildman–Crippen LogP) is 4.30. The third-order valence-corrected chi connectivity index (χ3v) is 6.08. The van der Waals surface area contributed by atoms with Gasteiger partial charge in [0.2, 0.25) is 5.91 Å². The second-order valence-electron chi connectivity index (χ2n) is 7.40. The molecule has 0 aliphatic carbocycles. The molecule has 2 heterocycles. The van der Waals surface area contributed by atoms with E-state index >= 15 is 0 Å². The van der Waals surface area contributed by atoms with Gasteiger partial charge in [0.1, 0.15) is 5.60 Å². The van der Waals surface area contributed by atoms with Crippen LogP contribution in [0.1, 0.15) is 58.0 Å². The van der Waals surface area contributed by atoms with Gasteiger partial charge in [-0.15, -0.1) is 11.8 Å². The highest BCUT2D eigenvalue weighted by atomic mass is 32.2. The maximum atomic E-state index is 12.3. The maximum absolute atomic E-state index is 12.3. The quantitative estimate of drug-likeness (QED) is 0.722. The highest BCUT2D eigenvalue weighted by Gasteiger charge is 2.28. The average Bonchev–Trinajstić information content (AvgIpc) is 2.94. The van der Waals surface area contributed by atoms with Crippen LogP contribution in [0.2, 0.25) is 0 Å². The zero-order valence-corrected chi connectivity index (χ0v) is 17.9. The number of rotatable bonds is 6. The van der Waals surface area contributed by atoms with Gasteiger partial charge in [0.15, 0.2) is 5.13 Å². The molecule has 1 aromatic rings. The van der Waals surface area contributed by atoms with E-state index in [1.165, 1.54) is 11.3 Å². The van der Waals surface area contributed by atoms with Crippen molar-refractivity contribution in [3.8, 4) is 0 Å². The Kier molecular flexibility index (Phi) is 7.34. The van der Waals surface area contributed by atoms with E-state index in [4.69, 9.17) is 4.74 Å². The SMILES string of the molecule is CCCCSC(C)C(=O)Nc1nc2c(s1)CN(C(=O)OC(C)(C)C)CC2. The summed E-state index contributed by atoms with van der Waals surface area (Å²) in [6.07, 6.45) is 2.63. The van der Waals surface area contributed by atoms with E-state index in [9.17, 15) is 9.59 Å². The summed E-state index contributed by atoms with van der Waals surface area (Å²) >= 11 is 3.11. The Balaban J connectivity index is 1.92. The van der Waals surface area contributed by atoms with Crippen LogP contribution in [0.15, 0.2) is 0 Å². The molecule has 146 valence electrons. The van der Waals surface area contributed by atoms with Crippen LogP contribution in [-0.4, -0.2) is 45.0 Å². The summed E-state index contributed by atoms with van der Waals surface area (Å²) < 4.78 is 5.44. The third kappa shape index (κ3) is 6.16. The van der Waals surface area contributed by atoms with Crippen molar-refractivity contribution in [3.63, 3.8) is 0 Å². The lowest BCUT2D eigenvalue weighted by Gasteiger charge is -2.29. The molecule has 1 atom stereocenters. The smallest absolute Gasteiger partial charge is 0.410 e. The Morgan fingerprint density at radius 1 is 1.42 bits per heavy atom. The first-order valence-electron chi connectivity index (χ1n) is 9.08. The van der Waals surface area contributed by atoms with Gasteiger partial charge in [-0.3, -0.25) is 4.79 Å². The Morgan fingerprint density at radius 2 is 2.15 bits per heavy atom. The normalized spacial score (nSPS) is 15.3. The van der Waals surface area contributed by atoms with Crippen LogP contribution in [-0.2, 0) is 22.5 Å². The van der Waals surface area contributed by atoms with E-state index in [1.807, 2.05) is 27.7 Å². The molecule has 6 nitrogen and oxygen atoms in total. The van der Waals surface area contributed by atoms with Crippen LogP contribution in [0.5, 0.6) is 0 Å². The Labute approximate surface area is 164 Å². The molecule has 0 radical (unpaired) electrons. The number of nitrogens with one attached hydrogen (secondary N) is 1. The largest absolute Gasteiger partial charge is 0.444 e. The van der Waals surface area contributed by atoms with Crippen LogP contribution in [0.4, 0.5) is 9.93 Å². The van der Waals surface area contributed by atoms with Gasteiger partial charge in [0, 0.05) is 17.8 Å². The van der Waals surface area contributed by atoms with Gasteiger partial charge >= 0.3 is 6.09 Å². The number of hydrogen-bond acceptors (Lipinski definition) is 6. The lowest BCUT2D eigenvalue weighted by molar-refractivity contribution is -0.115. The number of carbonyl (C=O) groups is 2. The summed E-state index contributed by atoms with van der Waals surface area (Å²) in [5.74, 6) is 0.978. The molecule has 2 rings (SSSR count). The summed E-state index contributed by atoms with van der Waals surface area (Å²) in [5, 5.41) is 3.44. The van der Waals surface area contributed by atoms with E-state index in [0.717, 1.165) is 29.2 Å². The van der Waals surface area contributed by atoms with Crippen molar-refractivity contribution >= 4 is 40.2 Å². The number of hydrogen-bond donors (Lipinski definition) is 1. The summed E-state index contributed by atoms with van der Waals surface area (Å²) in [5.41, 5.74) is 0.465. The number of ether oxygens (including phenoxy) is 1. The number of aromatic nitrogens is 1. The molecule has 0 spiro atoms. The minimum atomic E-state index is -0.504. The lowest BCUT2D eigenvalue weighted by Crippen LogP contribution is -2.39. The number of nitrogens with zero attached hydrogens (tertiary/aromatic N) is 2. The lowest BCUT2D eigenvalue weighted by atomic mass is 10.2. The Morgan fingerprint density at radius 3 is 2.81 bits per heavy atom. The topological polar surface area (TPSA) is 71.5 Å². The van der Waals surface area contributed by atoms with Gasteiger partial charge in [-0.2, -0.15) is 0 Å². The van der Waals surface area contributed by atoms with E-state index in [0.29, 0.717) is 24.6 Å². The molecule has 8 heteroatoms. The zero-order valence-electron chi connectivity index (χ0n) is 16.3. The van der Waals surface area contributed by atoms with Gasteiger partial charge in [-0.25, -0.2) is 9.78 Å². The molecule has 1 unspecified atom stereocenters. The van der Waals surface area contributed by atoms with Crippen LogP contribution in [0.25, 0.3) is 0 Å². The molecule has 1 aliphatic rings. The highest BCUT2D eigenvalue weighted by molar-refractivity contribution is 8.00. The molecule has 0 saturated heterocycles. The second kappa shape index (κ2) is 9.08. The van der Waals surface area contributed by atoms with Crippen molar-refractivity contribution in [2.75, 3.05) is 17.6 Å². The standard InChI is InChI=1S/C18H29N3O3S2/c1-6-7-10-25-12(2)15(22)20-16-19-13-8-9-21(11-14(13)26-16)17(23)24-18(3,4)5/h12H,6-11H2,1-5H3,(H,19,20,22). The monoisotopic (exact) mass is 399 g/mol. The van der Waals surface area contributed by atoms with E-state index in [1.54, 1.807) is 16.7 Å². The number of thiazole rings is 1. The van der Waals surface area contributed by atoms with Crippen molar-refractivity contribution < 1.29 is 14.3 Å². The fraction of sp³-hybridized carbons (Fsp3) is 0.722. The van der Waals surface area contributed by atoms with Crippen molar-refractivity contribution in [2.24, 2.45) is 0 Å². The van der Waals surface area contributed by atoms with Crippen molar-refractivity contribution in [2.45, 2.75) is 71.3 Å². The van der Waals surface area contributed by atoms with E-state index < -0.39 is 5.60 Å². The fourth-order valence-corrected chi connectivity index (χ4v) is 4.46. The van der Waals surface area contributed by atoms with Gasteiger partial charge in [0.05, 0.1) is 17.5 Å². The number of anilines is 1. The fourth-order valence-electron chi connectivity index (χ4n) is 2.42. The second-order valence-corrected chi connectivity index (χ2v) is 9.93. The molecule has 0 aromatic carbocycles. The summed E-state index contributed by atoms with van der Waals surface area (Å²) in [6.45, 7) is 10.7. The molecule has 1 aromatic heterocycles. The van der Waals surface area contributed by atoms with E-state index in [-0.39, 0.29) is 17.3 Å². The van der Waals surface area contributed by atoms with Crippen molar-refractivity contribution in [3.05, 3.63) is 10.6 Å². The first kappa shape index (κ1) is 21.0. The maximum Gasteiger partial charge on any atom is 0.410 e. The third-order valence-electron chi connectivity index (χ3n) is 3.85. The minimum Gasteiger partial charge on any atom is -0.444 e. The first-order valence-corrected chi connectivity index (χ1v) is 10.9. The molecule has 1 N–H and O–H groups in total. The Hall–Kier alpha value is -1.28. The Bertz CT molecular complexity index is 640. The van der Waals surface area contributed by atoms with Crippen LogP contribution < -0.4 is 5.32 Å². The number of carbonyl (C=O) groups excluding carboxylic acids is 2. The van der Waals surface area contributed by atoms with Gasteiger partial charge in [-0.1, -0.05) is 24.7 Å². The highest BCUT2D eigenvalue weighted by Crippen LogP contribution is 2.29. The van der Waals surface area contributed by atoms with Gasteiger partial charge in [-0.05, 0) is 39.9 Å². The number of unbranched alkanes of at least 4 members (excludes halogenated alkanes) is 1. The number of thioether (sulfide) groups is 1. The summed E-state index contributed by atoms with van der Waals surface area (Å²) in [6, 6.07) is 0. The summed E-state index contributed by atoms with van der Waals surface area (Å²) in [7, 11) is 0. The molecule has 1 aliphatic heterocycles. The molecule has 0 saturated carbocycles. The molecular weight excluding hydrogens is 370 g/mol. The molecule has 0 fully saturated rings. The zero-order chi connectivity index (χ0) is 19.3. The summed E-state index contributed by atoms with van der Waals surface area (Å²) in [4.78, 5) is 31.8. The van der Waals surface area contributed by atoms with E-state index in [2.05, 4.69) is 17.2 Å². The molecule has 2 amide bonds. The molecule has 26 heavy (non-hydrogen) atoms. The van der Waals surface area contributed by atoms with Gasteiger partial charge < -0.3 is 15.0 Å². The van der Waals surface area contributed by atoms with Crippen LogP contribution >= 0.6 is 23.1 Å². The molecule has 0 bridgehead atoms. The van der Waals surface area contributed by atoms with Crippen LogP contribution in [0, 0.1) is 0 Å². The number of fused-ring (bicyclic) bond motifs is 1. The van der Waals surface area contributed by atoms with Crippen LogP contribution in [0.3, 0.4) is 0 Å². The van der Waals surface area contributed by atoms with Crippen molar-refractivity contribution in [1.82, 2.24) is 9.88 Å².